The molecule has 0 bridgehead atoms. The lowest BCUT2D eigenvalue weighted by Gasteiger charge is -2.16. The third-order valence-electron chi connectivity index (χ3n) is 4.80. The Hall–Kier alpha value is -2.86. The van der Waals surface area contributed by atoms with Gasteiger partial charge in [-0.15, -0.1) is 0 Å². The molecule has 0 spiro atoms. The summed E-state index contributed by atoms with van der Waals surface area (Å²) >= 11 is 18.6. The Labute approximate surface area is 193 Å². The van der Waals surface area contributed by atoms with E-state index in [0.29, 0.717) is 43.5 Å². The van der Waals surface area contributed by atoms with Crippen molar-refractivity contribution in [1.29, 1.82) is 0 Å². The Balaban J connectivity index is 2.15. The van der Waals surface area contributed by atoms with Crippen LogP contribution in [0.15, 0.2) is 54.6 Å². The van der Waals surface area contributed by atoms with Gasteiger partial charge in [0, 0.05) is 16.3 Å². The van der Waals surface area contributed by atoms with E-state index in [4.69, 9.17) is 34.8 Å². The molecule has 31 heavy (non-hydrogen) atoms. The van der Waals surface area contributed by atoms with Gasteiger partial charge in [-0.2, -0.15) is 0 Å². The number of rotatable bonds is 4. The summed E-state index contributed by atoms with van der Waals surface area (Å²) in [5.74, 6) is -0.791. The number of aromatic carboxylic acids is 1. The van der Waals surface area contributed by atoms with E-state index in [1.807, 2.05) is 32.0 Å². The molecule has 0 saturated carbocycles. The normalized spacial score (nSPS) is 11.0. The molecule has 0 amide bonds. The molecule has 1 N–H and O–H groups in total. The van der Waals surface area contributed by atoms with E-state index < -0.39 is 5.97 Å². The van der Waals surface area contributed by atoms with Crippen molar-refractivity contribution in [2.45, 2.75) is 13.8 Å². The molecular weight excluding hydrogens is 457 g/mol. The predicted molar refractivity (Wildman–Crippen MR) is 124 cm³/mol. The summed E-state index contributed by atoms with van der Waals surface area (Å²) in [5.41, 5.74) is 3.67. The molecule has 0 unspecified atom stereocenters. The lowest BCUT2D eigenvalue weighted by molar-refractivity contribution is 0.0692. The number of aryl methyl sites for hydroxylation is 2. The van der Waals surface area contributed by atoms with Crippen LogP contribution >= 0.6 is 34.8 Å². The van der Waals surface area contributed by atoms with Crippen LogP contribution in [0.25, 0.3) is 28.5 Å². The number of hydrogen-bond acceptors (Lipinski definition) is 3. The van der Waals surface area contributed by atoms with Crippen LogP contribution in [-0.4, -0.2) is 25.6 Å². The molecule has 0 saturated heterocycles. The first-order valence-corrected chi connectivity index (χ1v) is 10.4. The molecule has 0 aliphatic rings. The fourth-order valence-corrected chi connectivity index (χ4v) is 3.84. The minimum atomic E-state index is -1.17. The standard InChI is InChI=1S/C23H16Cl3N3O2/c1-12-6-8-15(24)11-19(12)29-21(14-7-9-16(25)17(26)10-14)20(23(30)31)28-22(29)18-5-3-4-13(2)27-18/h3-11H,1-2H3,(H,30,31). The van der Waals surface area contributed by atoms with Gasteiger partial charge >= 0.3 is 5.97 Å². The van der Waals surface area contributed by atoms with Gasteiger partial charge in [0.15, 0.2) is 11.5 Å². The molecule has 8 heteroatoms. The number of hydrogen-bond donors (Lipinski definition) is 1. The fraction of sp³-hybridized carbons (Fsp3) is 0.0870. The van der Waals surface area contributed by atoms with E-state index in [-0.39, 0.29) is 5.69 Å². The van der Waals surface area contributed by atoms with Crippen LogP contribution in [0.3, 0.4) is 0 Å². The maximum Gasteiger partial charge on any atom is 0.356 e. The lowest BCUT2D eigenvalue weighted by atomic mass is 10.1. The molecule has 0 aliphatic carbocycles. The van der Waals surface area contributed by atoms with Gasteiger partial charge in [0.25, 0.3) is 0 Å². The highest BCUT2D eigenvalue weighted by Crippen LogP contribution is 2.37. The van der Waals surface area contributed by atoms with Gasteiger partial charge in [-0.1, -0.05) is 53.0 Å². The number of halogens is 3. The molecule has 0 atom stereocenters. The maximum absolute atomic E-state index is 12.2. The number of aromatic nitrogens is 3. The Kier molecular flexibility index (Phi) is 5.75. The number of carboxylic acid groups (broad SMARTS) is 1. The zero-order valence-corrected chi connectivity index (χ0v) is 18.8. The second kappa shape index (κ2) is 8.35. The van der Waals surface area contributed by atoms with E-state index >= 15 is 0 Å². The average Bonchev–Trinajstić information content (AvgIpc) is 3.12. The van der Waals surface area contributed by atoms with E-state index in [2.05, 4.69) is 9.97 Å². The first-order chi connectivity index (χ1) is 14.8. The van der Waals surface area contributed by atoms with Crippen molar-refractivity contribution < 1.29 is 9.90 Å². The van der Waals surface area contributed by atoms with Crippen LogP contribution in [0.5, 0.6) is 0 Å². The van der Waals surface area contributed by atoms with Crippen LogP contribution < -0.4 is 0 Å². The van der Waals surface area contributed by atoms with Crippen molar-refractivity contribution in [2.75, 3.05) is 0 Å². The van der Waals surface area contributed by atoms with Gasteiger partial charge in [0.2, 0.25) is 0 Å². The number of imidazole rings is 1. The smallest absolute Gasteiger partial charge is 0.356 e. The molecule has 0 aliphatic heterocycles. The van der Waals surface area contributed by atoms with Crippen molar-refractivity contribution in [3.8, 4) is 28.5 Å². The minimum Gasteiger partial charge on any atom is -0.476 e. The number of carboxylic acids is 1. The van der Waals surface area contributed by atoms with Crippen LogP contribution in [0.2, 0.25) is 15.1 Å². The van der Waals surface area contributed by atoms with Crippen molar-refractivity contribution >= 4 is 40.8 Å². The molecule has 0 fully saturated rings. The number of pyridine rings is 1. The van der Waals surface area contributed by atoms with Crippen LogP contribution in [-0.2, 0) is 0 Å². The Morgan fingerprint density at radius 1 is 0.935 bits per heavy atom. The van der Waals surface area contributed by atoms with Gasteiger partial charge in [-0.05, 0) is 55.8 Å². The molecular formula is C23H16Cl3N3O2. The monoisotopic (exact) mass is 471 g/mol. The zero-order chi connectivity index (χ0) is 22.3. The largest absolute Gasteiger partial charge is 0.476 e. The van der Waals surface area contributed by atoms with Gasteiger partial charge in [-0.3, -0.25) is 4.57 Å². The van der Waals surface area contributed by atoms with Crippen molar-refractivity contribution in [2.24, 2.45) is 0 Å². The maximum atomic E-state index is 12.2. The van der Waals surface area contributed by atoms with Crippen LogP contribution in [0, 0.1) is 13.8 Å². The third-order valence-corrected chi connectivity index (χ3v) is 5.78. The molecule has 2 heterocycles. The van der Waals surface area contributed by atoms with Crippen molar-refractivity contribution in [3.63, 3.8) is 0 Å². The number of nitrogens with zero attached hydrogens (tertiary/aromatic N) is 3. The SMILES string of the molecule is Cc1cccc(-c2nc(C(=O)O)c(-c3ccc(Cl)c(Cl)c3)n2-c2cc(Cl)ccc2C)n1. The second-order valence-corrected chi connectivity index (χ2v) is 8.25. The summed E-state index contributed by atoms with van der Waals surface area (Å²) in [6.07, 6.45) is 0. The van der Waals surface area contributed by atoms with Gasteiger partial charge in [0.1, 0.15) is 5.69 Å². The molecule has 156 valence electrons. The fourth-order valence-electron chi connectivity index (χ4n) is 3.38. The van der Waals surface area contributed by atoms with E-state index in [1.165, 1.54) is 0 Å². The summed E-state index contributed by atoms with van der Waals surface area (Å²) in [6, 6.07) is 15.9. The highest BCUT2D eigenvalue weighted by molar-refractivity contribution is 6.42. The van der Waals surface area contributed by atoms with Crippen LogP contribution in [0.1, 0.15) is 21.7 Å². The van der Waals surface area contributed by atoms with E-state index in [1.54, 1.807) is 41.0 Å². The first-order valence-electron chi connectivity index (χ1n) is 9.28. The summed E-state index contributed by atoms with van der Waals surface area (Å²) in [4.78, 5) is 21.3. The van der Waals surface area contributed by atoms with Crippen molar-refractivity contribution in [3.05, 3.63) is 86.6 Å². The molecule has 2 aromatic heterocycles. The Bertz CT molecular complexity index is 1330. The quantitative estimate of drug-likeness (QED) is 0.351. The lowest BCUT2D eigenvalue weighted by Crippen LogP contribution is -2.05. The molecule has 5 nitrogen and oxygen atoms in total. The number of carbonyl (C=O) groups is 1. The summed E-state index contributed by atoms with van der Waals surface area (Å²) < 4.78 is 1.76. The summed E-state index contributed by atoms with van der Waals surface area (Å²) in [6.45, 7) is 3.78. The Morgan fingerprint density at radius 2 is 1.71 bits per heavy atom. The summed E-state index contributed by atoms with van der Waals surface area (Å²) in [5, 5.41) is 11.2. The van der Waals surface area contributed by atoms with Crippen molar-refractivity contribution in [1.82, 2.24) is 14.5 Å². The molecule has 0 radical (unpaired) electrons. The zero-order valence-electron chi connectivity index (χ0n) is 16.5. The highest BCUT2D eigenvalue weighted by atomic mass is 35.5. The predicted octanol–water partition coefficient (Wildman–Crippen LogP) is 6.88. The summed E-state index contributed by atoms with van der Waals surface area (Å²) in [7, 11) is 0. The molecule has 2 aromatic carbocycles. The van der Waals surface area contributed by atoms with Gasteiger partial charge in [0.05, 0.1) is 21.4 Å². The van der Waals surface area contributed by atoms with Gasteiger partial charge in [-0.25, -0.2) is 14.8 Å². The second-order valence-electron chi connectivity index (χ2n) is 7.00. The molecule has 4 rings (SSSR count). The highest BCUT2D eigenvalue weighted by Gasteiger charge is 2.27. The first kappa shape index (κ1) is 21.4. The minimum absolute atomic E-state index is 0.129. The van der Waals surface area contributed by atoms with E-state index in [0.717, 1.165) is 11.3 Å². The number of benzene rings is 2. The van der Waals surface area contributed by atoms with Crippen LogP contribution in [0.4, 0.5) is 0 Å². The average molecular weight is 473 g/mol. The topological polar surface area (TPSA) is 68.0 Å². The van der Waals surface area contributed by atoms with Gasteiger partial charge < -0.3 is 5.11 Å². The third kappa shape index (κ3) is 4.04. The van der Waals surface area contributed by atoms with E-state index in [9.17, 15) is 9.90 Å². The Morgan fingerprint density at radius 3 is 2.39 bits per heavy atom. The molecule has 4 aromatic rings.